The predicted molar refractivity (Wildman–Crippen MR) is 91.7 cm³/mol. The van der Waals surface area contributed by atoms with Gasteiger partial charge in [0, 0.05) is 12.6 Å². The number of methoxy groups -OCH3 is 1. The van der Waals surface area contributed by atoms with Crippen LogP contribution in [0.5, 0.6) is 5.75 Å². The van der Waals surface area contributed by atoms with Crippen LogP contribution in [0.15, 0.2) is 30.6 Å². The molecule has 3 rings (SSSR count). The first-order chi connectivity index (χ1) is 11.6. The Morgan fingerprint density at radius 2 is 2.08 bits per heavy atom. The van der Waals surface area contributed by atoms with Gasteiger partial charge in [-0.1, -0.05) is 12.1 Å². The molecule has 6 heteroatoms. The van der Waals surface area contributed by atoms with Crippen molar-refractivity contribution < 1.29 is 9.84 Å². The molecule has 1 aliphatic rings. The van der Waals surface area contributed by atoms with Crippen LogP contribution in [0, 0.1) is 0 Å². The van der Waals surface area contributed by atoms with E-state index < -0.39 is 5.60 Å². The highest BCUT2D eigenvalue weighted by Crippen LogP contribution is 2.35. The van der Waals surface area contributed by atoms with Gasteiger partial charge in [-0.15, -0.1) is 0 Å². The van der Waals surface area contributed by atoms with E-state index in [1.807, 2.05) is 35.9 Å². The summed E-state index contributed by atoms with van der Waals surface area (Å²) in [5.41, 5.74) is -0.00279. The van der Waals surface area contributed by atoms with E-state index in [2.05, 4.69) is 21.9 Å². The quantitative estimate of drug-likeness (QED) is 0.879. The molecule has 1 saturated heterocycles. The van der Waals surface area contributed by atoms with E-state index in [1.165, 1.54) is 0 Å². The van der Waals surface area contributed by atoms with Crippen LogP contribution in [-0.4, -0.2) is 44.5 Å². The number of aromatic nitrogens is 3. The topological polar surface area (TPSA) is 63.4 Å². The van der Waals surface area contributed by atoms with Crippen molar-refractivity contribution in [2.24, 2.45) is 0 Å². The Hall–Kier alpha value is -1.92. The highest BCUT2D eigenvalue weighted by Gasteiger charge is 2.40. The molecule has 1 aromatic heterocycles. The molecule has 2 atom stereocenters. The Morgan fingerprint density at radius 1 is 1.33 bits per heavy atom. The molecule has 2 heterocycles. The minimum absolute atomic E-state index is 0.0629. The third-order valence-electron chi connectivity index (χ3n) is 5.03. The van der Waals surface area contributed by atoms with Gasteiger partial charge >= 0.3 is 0 Å². The zero-order valence-corrected chi connectivity index (χ0v) is 14.6. The summed E-state index contributed by atoms with van der Waals surface area (Å²) in [6.45, 7) is 6.45. The molecule has 0 spiro atoms. The second-order valence-electron chi connectivity index (χ2n) is 6.50. The first-order valence-electron chi connectivity index (χ1n) is 8.54. The molecule has 0 aliphatic carbocycles. The number of aryl methyl sites for hydroxylation is 1. The van der Waals surface area contributed by atoms with Gasteiger partial charge in [0.2, 0.25) is 0 Å². The van der Waals surface area contributed by atoms with Crippen molar-refractivity contribution in [1.29, 1.82) is 0 Å². The lowest BCUT2D eigenvalue weighted by Gasteiger charge is -2.36. The molecule has 130 valence electrons. The monoisotopic (exact) mass is 330 g/mol. The van der Waals surface area contributed by atoms with E-state index in [0.29, 0.717) is 6.54 Å². The molecule has 0 bridgehead atoms. The van der Waals surface area contributed by atoms with Gasteiger partial charge in [0.05, 0.1) is 13.7 Å². The molecule has 24 heavy (non-hydrogen) atoms. The summed E-state index contributed by atoms with van der Waals surface area (Å²) < 4.78 is 7.13. The first-order valence-corrected chi connectivity index (χ1v) is 8.54. The fourth-order valence-corrected chi connectivity index (χ4v) is 3.63. The number of hydrogen-bond donors (Lipinski definition) is 1. The lowest BCUT2D eigenvalue weighted by atomic mass is 9.86. The van der Waals surface area contributed by atoms with Crippen molar-refractivity contribution in [1.82, 2.24) is 19.7 Å². The van der Waals surface area contributed by atoms with Crippen molar-refractivity contribution in [2.75, 3.05) is 13.7 Å². The second kappa shape index (κ2) is 6.91. The van der Waals surface area contributed by atoms with Crippen LogP contribution in [-0.2, 0) is 18.7 Å². The van der Waals surface area contributed by atoms with Crippen LogP contribution in [0.4, 0.5) is 0 Å². The maximum absolute atomic E-state index is 11.2. The second-order valence-corrected chi connectivity index (χ2v) is 6.50. The highest BCUT2D eigenvalue weighted by molar-refractivity contribution is 5.31. The van der Waals surface area contributed by atoms with Gasteiger partial charge in [-0.2, -0.15) is 5.10 Å². The predicted octanol–water partition coefficient (Wildman–Crippen LogP) is 2.18. The van der Waals surface area contributed by atoms with Gasteiger partial charge in [0.15, 0.2) is 0 Å². The van der Waals surface area contributed by atoms with Crippen LogP contribution in [0.3, 0.4) is 0 Å². The van der Waals surface area contributed by atoms with Crippen molar-refractivity contribution in [2.45, 2.75) is 51.4 Å². The summed E-state index contributed by atoms with van der Waals surface area (Å²) in [6, 6.07) is 7.76. The Labute approximate surface area is 143 Å². The molecule has 1 aromatic carbocycles. The van der Waals surface area contributed by atoms with E-state index in [-0.39, 0.29) is 6.04 Å². The van der Waals surface area contributed by atoms with Crippen molar-refractivity contribution in [3.05, 3.63) is 42.0 Å². The normalized spacial score (nSPS) is 20.9. The van der Waals surface area contributed by atoms with Crippen LogP contribution in [0.1, 0.15) is 38.1 Å². The molecule has 1 fully saturated rings. The lowest BCUT2D eigenvalue weighted by Crippen LogP contribution is -2.45. The summed E-state index contributed by atoms with van der Waals surface area (Å²) in [7, 11) is 1.65. The molecule has 0 radical (unpaired) electrons. The summed E-state index contributed by atoms with van der Waals surface area (Å²) in [6.07, 6.45) is 3.65. The van der Waals surface area contributed by atoms with Gasteiger partial charge in [-0.3, -0.25) is 4.90 Å². The van der Waals surface area contributed by atoms with Gasteiger partial charge < -0.3 is 9.84 Å². The smallest absolute Gasteiger partial charge is 0.141 e. The molecule has 0 amide bonds. The Balaban J connectivity index is 1.80. The molecule has 1 N–H and O–H groups in total. The summed E-state index contributed by atoms with van der Waals surface area (Å²) in [5.74, 6) is 1.75. The van der Waals surface area contributed by atoms with Crippen molar-refractivity contribution in [3.63, 3.8) is 0 Å². The zero-order chi connectivity index (χ0) is 17.2. The largest absolute Gasteiger partial charge is 0.497 e. The fourth-order valence-electron chi connectivity index (χ4n) is 3.63. The third kappa shape index (κ3) is 3.16. The maximum Gasteiger partial charge on any atom is 0.141 e. The highest BCUT2D eigenvalue weighted by atomic mass is 16.5. The van der Waals surface area contributed by atoms with Gasteiger partial charge in [0.1, 0.15) is 23.5 Å². The van der Waals surface area contributed by atoms with E-state index >= 15 is 0 Å². The lowest BCUT2D eigenvalue weighted by molar-refractivity contribution is -0.0264. The number of rotatable bonds is 6. The number of ether oxygens (including phenoxy) is 1. The molecule has 2 aromatic rings. The number of aliphatic hydroxyl groups is 1. The van der Waals surface area contributed by atoms with Crippen LogP contribution in [0.25, 0.3) is 0 Å². The molecule has 1 aliphatic heterocycles. The Bertz CT molecular complexity index is 666. The maximum atomic E-state index is 11.2. The third-order valence-corrected chi connectivity index (χ3v) is 5.03. The Kier molecular flexibility index (Phi) is 4.87. The van der Waals surface area contributed by atoms with Gasteiger partial charge in [-0.25, -0.2) is 9.67 Å². The fraction of sp³-hybridized carbons (Fsp3) is 0.556. The molecular formula is C18H26N4O2. The van der Waals surface area contributed by atoms with E-state index in [0.717, 1.165) is 43.1 Å². The van der Waals surface area contributed by atoms with Gasteiger partial charge in [0.25, 0.3) is 0 Å². The summed E-state index contributed by atoms with van der Waals surface area (Å²) >= 11 is 0. The minimum Gasteiger partial charge on any atom is -0.497 e. The average Bonchev–Trinajstić information content (AvgIpc) is 3.24. The standard InChI is InChI=1S/C18H26N4O2/c1-4-22-17(19-13-20-22)12-21-11-5-6-16(21)18(2,23)14-7-9-15(24-3)10-8-14/h7-10,13,16,23H,4-6,11-12H2,1-3H3. The van der Waals surface area contributed by atoms with Crippen LogP contribution < -0.4 is 4.74 Å². The number of nitrogens with zero attached hydrogens (tertiary/aromatic N) is 4. The first kappa shape index (κ1) is 16.9. The van der Waals surface area contributed by atoms with Crippen molar-refractivity contribution in [3.8, 4) is 5.75 Å². The molecular weight excluding hydrogens is 304 g/mol. The summed E-state index contributed by atoms with van der Waals surface area (Å²) in [5, 5.41) is 15.5. The summed E-state index contributed by atoms with van der Waals surface area (Å²) in [4.78, 5) is 6.69. The van der Waals surface area contributed by atoms with E-state index in [9.17, 15) is 5.11 Å². The SMILES string of the molecule is CCn1ncnc1CN1CCCC1C(C)(O)c1ccc(OC)cc1. The van der Waals surface area contributed by atoms with Crippen LogP contribution in [0.2, 0.25) is 0 Å². The molecule has 0 saturated carbocycles. The zero-order valence-electron chi connectivity index (χ0n) is 14.6. The Morgan fingerprint density at radius 3 is 2.75 bits per heavy atom. The minimum atomic E-state index is -0.917. The van der Waals surface area contributed by atoms with Crippen LogP contribution >= 0.6 is 0 Å². The average molecular weight is 330 g/mol. The number of likely N-dealkylation sites (tertiary alicyclic amines) is 1. The molecule has 6 nitrogen and oxygen atoms in total. The van der Waals surface area contributed by atoms with E-state index in [1.54, 1.807) is 13.4 Å². The number of benzene rings is 1. The van der Waals surface area contributed by atoms with Crippen molar-refractivity contribution >= 4 is 0 Å². The molecule has 2 unspecified atom stereocenters. The number of hydrogen-bond acceptors (Lipinski definition) is 5. The van der Waals surface area contributed by atoms with Gasteiger partial charge in [-0.05, 0) is 50.9 Å². The van der Waals surface area contributed by atoms with E-state index in [4.69, 9.17) is 4.74 Å².